The Morgan fingerprint density at radius 1 is 1.35 bits per heavy atom. The van der Waals surface area contributed by atoms with Crippen LogP contribution < -0.4 is 0 Å². The summed E-state index contributed by atoms with van der Waals surface area (Å²) in [4.78, 5) is 4.62. The molecule has 0 atom stereocenters. The highest BCUT2D eigenvalue weighted by molar-refractivity contribution is 7.99. The van der Waals surface area contributed by atoms with Crippen LogP contribution in [-0.4, -0.2) is 26.9 Å². The molecule has 2 heterocycles. The van der Waals surface area contributed by atoms with Gasteiger partial charge in [-0.15, -0.1) is 11.6 Å². The van der Waals surface area contributed by atoms with E-state index in [0.29, 0.717) is 11.8 Å². The Morgan fingerprint density at radius 2 is 2.15 bits per heavy atom. The van der Waals surface area contributed by atoms with E-state index in [4.69, 9.17) is 11.6 Å². The monoisotopic (exact) mass is 312 g/mol. The highest BCUT2D eigenvalue weighted by atomic mass is 35.5. The van der Waals surface area contributed by atoms with E-state index >= 15 is 0 Å². The molecule has 2 nitrogen and oxygen atoms in total. The first-order valence-corrected chi connectivity index (χ1v) is 8.75. The fourth-order valence-corrected chi connectivity index (χ4v) is 4.19. The van der Waals surface area contributed by atoms with Gasteiger partial charge in [-0.1, -0.05) is 0 Å². The third-order valence-electron chi connectivity index (χ3n) is 3.89. The Kier molecular flexibility index (Phi) is 4.51. The van der Waals surface area contributed by atoms with Gasteiger partial charge in [-0.3, -0.25) is 0 Å². The van der Waals surface area contributed by atoms with Crippen molar-refractivity contribution in [2.75, 3.05) is 17.4 Å². The third kappa shape index (κ3) is 2.96. The van der Waals surface area contributed by atoms with E-state index < -0.39 is 0 Å². The molecule has 0 radical (unpaired) electrons. The predicted octanol–water partition coefficient (Wildman–Crippen LogP) is 4.10. The zero-order valence-electron chi connectivity index (χ0n) is 11.3. The summed E-state index contributed by atoms with van der Waals surface area (Å²) in [5.41, 5.74) is 1.78. The first kappa shape index (κ1) is 14.2. The molecule has 0 N–H and O–H groups in total. The van der Waals surface area contributed by atoms with Crippen LogP contribution in [0.3, 0.4) is 0 Å². The number of fused-ring (bicyclic) bond motifs is 1. The summed E-state index contributed by atoms with van der Waals surface area (Å²) < 4.78 is 15.7. The molecule has 0 unspecified atom stereocenters. The number of aromatic nitrogens is 2. The fraction of sp³-hybridized carbons (Fsp3) is 0.533. The minimum absolute atomic E-state index is 0.199. The van der Waals surface area contributed by atoms with Crippen LogP contribution in [0.5, 0.6) is 0 Å². The van der Waals surface area contributed by atoms with Crippen LogP contribution in [0.2, 0.25) is 0 Å². The Balaban J connectivity index is 1.96. The standard InChI is InChI=1S/C15H18ClFN2S/c16-6-3-15-18-13-2-1-12(17)9-14(13)19(15)10-11-4-7-20-8-5-11/h1-2,9,11H,3-8,10H2. The van der Waals surface area contributed by atoms with Crippen molar-refractivity contribution in [2.24, 2.45) is 5.92 Å². The number of thioether (sulfide) groups is 1. The summed E-state index contributed by atoms with van der Waals surface area (Å²) in [6, 6.07) is 4.83. The quantitative estimate of drug-likeness (QED) is 0.791. The third-order valence-corrected chi connectivity index (χ3v) is 5.13. The van der Waals surface area contributed by atoms with Crippen molar-refractivity contribution < 1.29 is 4.39 Å². The van der Waals surface area contributed by atoms with Gasteiger partial charge in [0.25, 0.3) is 0 Å². The van der Waals surface area contributed by atoms with Gasteiger partial charge in [0.1, 0.15) is 11.6 Å². The topological polar surface area (TPSA) is 17.8 Å². The van der Waals surface area contributed by atoms with Crippen molar-refractivity contribution in [1.82, 2.24) is 9.55 Å². The molecule has 1 aromatic heterocycles. The Morgan fingerprint density at radius 3 is 2.90 bits per heavy atom. The van der Waals surface area contributed by atoms with Gasteiger partial charge < -0.3 is 4.57 Å². The van der Waals surface area contributed by atoms with Gasteiger partial charge in [0, 0.05) is 18.8 Å². The molecule has 1 fully saturated rings. The minimum Gasteiger partial charge on any atom is -0.328 e. The number of halogens is 2. The maximum absolute atomic E-state index is 13.5. The summed E-state index contributed by atoms with van der Waals surface area (Å²) in [5.74, 6) is 4.47. The van der Waals surface area contributed by atoms with E-state index in [1.54, 1.807) is 12.1 Å². The van der Waals surface area contributed by atoms with E-state index in [0.717, 1.165) is 29.8 Å². The van der Waals surface area contributed by atoms with Crippen LogP contribution >= 0.6 is 23.4 Å². The molecule has 0 amide bonds. The first-order valence-electron chi connectivity index (χ1n) is 7.06. The number of hydrogen-bond donors (Lipinski definition) is 0. The average molecular weight is 313 g/mol. The molecular weight excluding hydrogens is 295 g/mol. The second-order valence-corrected chi connectivity index (χ2v) is 6.87. The minimum atomic E-state index is -0.199. The molecule has 5 heteroatoms. The van der Waals surface area contributed by atoms with Crippen LogP contribution in [0.25, 0.3) is 11.0 Å². The van der Waals surface area contributed by atoms with Gasteiger partial charge in [-0.25, -0.2) is 9.37 Å². The predicted molar refractivity (Wildman–Crippen MR) is 84.2 cm³/mol. The van der Waals surface area contributed by atoms with Gasteiger partial charge >= 0.3 is 0 Å². The van der Waals surface area contributed by atoms with Crippen LogP contribution in [0.4, 0.5) is 4.39 Å². The molecule has 20 heavy (non-hydrogen) atoms. The van der Waals surface area contributed by atoms with Crippen molar-refractivity contribution in [1.29, 1.82) is 0 Å². The smallest absolute Gasteiger partial charge is 0.125 e. The lowest BCUT2D eigenvalue weighted by molar-refractivity contribution is 0.415. The largest absolute Gasteiger partial charge is 0.328 e. The normalized spacial score (nSPS) is 16.9. The summed E-state index contributed by atoms with van der Waals surface area (Å²) in [6.45, 7) is 0.937. The molecule has 0 aliphatic carbocycles. The van der Waals surface area contributed by atoms with Crippen molar-refractivity contribution >= 4 is 34.4 Å². The second kappa shape index (κ2) is 6.35. The summed E-state index contributed by atoms with van der Waals surface area (Å²) in [6.07, 6.45) is 3.21. The zero-order chi connectivity index (χ0) is 13.9. The number of benzene rings is 1. The average Bonchev–Trinajstić information content (AvgIpc) is 2.78. The zero-order valence-corrected chi connectivity index (χ0v) is 12.9. The number of aryl methyl sites for hydroxylation is 1. The van der Waals surface area contributed by atoms with Crippen LogP contribution in [-0.2, 0) is 13.0 Å². The van der Waals surface area contributed by atoms with Gasteiger partial charge in [0.2, 0.25) is 0 Å². The molecule has 3 rings (SSSR count). The van der Waals surface area contributed by atoms with Crippen LogP contribution in [0, 0.1) is 11.7 Å². The summed E-state index contributed by atoms with van der Waals surface area (Å²) in [5, 5.41) is 0. The summed E-state index contributed by atoms with van der Waals surface area (Å²) >= 11 is 7.90. The van der Waals surface area contributed by atoms with Gasteiger partial charge in [0.15, 0.2) is 0 Å². The number of hydrogen-bond acceptors (Lipinski definition) is 2. The van der Waals surface area contributed by atoms with E-state index in [-0.39, 0.29) is 5.82 Å². The van der Waals surface area contributed by atoms with Gasteiger partial charge in [0.05, 0.1) is 11.0 Å². The fourth-order valence-electron chi connectivity index (χ4n) is 2.81. The first-order chi connectivity index (χ1) is 9.78. The molecule has 1 aliphatic heterocycles. The van der Waals surface area contributed by atoms with E-state index in [9.17, 15) is 4.39 Å². The van der Waals surface area contributed by atoms with E-state index in [1.165, 1.54) is 30.4 Å². The molecule has 2 aromatic rings. The van der Waals surface area contributed by atoms with Crippen molar-refractivity contribution in [3.8, 4) is 0 Å². The number of imidazole rings is 1. The van der Waals surface area contributed by atoms with Crippen molar-refractivity contribution in [2.45, 2.75) is 25.8 Å². The molecule has 0 bridgehead atoms. The molecule has 1 aliphatic rings. The SMILES string of the molecule is Fc1ccc2nc(CCCl)n(CC3CCSCC3)c2c1. The lowest BCUT2D eigenvalue weighted by Gasteiger charge is -2.23. The van der Waals surface area contributed by atoms with Gasteiger partial charge in [-0.05, 0) is 48.5 Å². The number of alkyl halides is 1. The maximum Gasteiger partial charge on any atom is 0.125 e. The Hall–Kier alpha value is -0.740. The maximum atomic E-state index is 13.5. The number of rotatable bonds is 4. The highest BCUT2D eigenvalue weighted by Crippen LogP contribution is 2.27. The molecule has 1 aromatic carbocycles. The number of nitrogens with zero attached hydrogens (tertiary/aromatic N) is 2. The Bertz CT molecular complexity index is 593. The van der Waals surface area contributed by atoms with Crippen LogP contribution in [0.1, 0.15) is 18.7 Å². The second-order valence-electron chi connectivity index (χ2n) is 5.27. The van der Waals surface area contributed by atoms with Crippen molar-refractivity contribution in [3.63, 3.8) is 0 Å². The lowest BCUT2D eigenvalue weighted by atomic mass is 10.0. The highest BCUT2D eigenvalue weighted by Gasteiger charge is 2.18. The Labute approximate surface area is 127 Å². The molecule has 1 saturated heterocycles. The van der Waals surface area contributed by atoms with Gasteiger partial charge in [-0.2, -0.15) is 11.8 Å². The summed E-state index contributed by atoms with van der Waals surface area (Å²) in [7, 11) is 0. The molecule has 0 spiro atoms. The van der Waals surface area contributed by atoms with E-state index in [2.05, 4.69) is 9.55 Å². The molecular formula is C15H18ClFN2S. The molecule has 108 valence electrons. The lowest BCUT2D eigenvalue weighted by Crippen LogP contribution is -2.18. The van der Waals surface area contributed by atoms with Crippen LogP contribution in [0.15, 0.2) is 18.2 Å². The van der Waals surface area contributed by atoms with E-state index in [1.807, 2.05) is 11.8 Å². The molecule has 0 saturated carbocycles. The van der Waals surface area contributed by atoms with Crippen molar-refractivity contribution in [3.05, 3.63) is 29.8 Å².